The molecule has 1 aliphatic rings. The van der Waals surface area contributed by atoms with E-state index in [0.29, 0.717) is 5.92 Å². The lowest BCUT2D eigenvalue weighted by molar-refractivity contribution is 0.0735. The van der Waals surface area contributed by atoms with Gasteiger partial charge in [0, 0.05) is 18.0 Å². The Bertz CT molecular complexity index is 291. The molecule has 1 aromatic heterocycles. The molecule has 3 heteroatoms. The number of aliphatic hydroxyl groups excluding tert-OH is 1. The summed E-state index contributed by atoms with van der Waals surface area (Å²) in [6, 6.07) is 0. The van der Waals surface area contributed by atoms with Gasteiger partial charge in [0.1, 0.15) is 0 Å². The summed E-state index contributed by atoms with van der Waals surface area (Å²) in [4.78, 5) is 4.24. The van der Waals surface area contributed by atoms with Crippen molar-refractivity contribution in [1.29, 1.82) is 0 Å². The Morgan fingerprint density at radius 1 is 1.44 bits per heavy atom. The first-order valence-electron chi connectivity index (χ1n) is 6.36. The summed E-state index contributed by atoms with van der Waals surface area (Å²) in [5.74, 6) is 1.41. The Labute approximate surface area is 102 Å². The van der Waals surface area contributed by atoms with Gasteiger partial charge in [0.15, 0.2) is 0 Å². The fourth-order valence-electron chi connectivity index (χ4n) is 2.68. The molecule has 2 rings (SSSR count). The third-order valence-electron chi connectivity index (χ3n) is 3.88. The van der Waals surface area contributed by atoms with E-state index in [-0.39, 0.29) is 6.10 Å². The highest BCUT2D eigenvalue weighted by molar-refractivity contribution is 7.09. The Morgan fingerprint density at radius 3 is 2.75 bits per heavy atom. The third-order valence-corrected chi connectivity index (χ3v) is 4.68. The van der Waals surface area contributed by atoms with Crippen LogP contribution >= 0.6 is 11.3 Å². The van der Waals surface area contributed by atoms with Gasteiger partial charge >= 0.3 is 0 Å². The van der Waals surface area contributed by atoms with Gasteiger partial charge in [-0.15, -0.1) is 11.3 Å². The minimum Gasteiger partial charge on any atom is -0.392 e. The first-order chi connectivity index (χ1) is 7.79. The van der Waals surface area contributed by atoms with Crippen molar-refractivity contribution < 1.29 is 5.11 Å². The Balaban J connectivity index is 1.80. The van der Waals surface area contributed by atoms with Gasteiger partial charge in [-0.1, -0.05) is 26.2 Å². The zero-order chi connectivity index (χ0) is 11.4. The van der Waals surface area contributed by atoms with Crippen molar-refractivity contribution in [2.24, 2.45) is 11.8 Å². The lowest BCUT2D eigenvalue weighted by atomic mass is 9.78. The van der Waals surface area contributed by atoms with E-state index in [2.05, 4.69) is 11.9 Å². The highest BCUT2D eigenvalue weighted by atomic mass is 32.1. The number of hydrogen-bond acceptors (Lipinski definition) is 3. The molecule has 1 atom stereocenters. The summed E-state index contributed by atoms with van der Waals surface area (Å²) < 4.78 is 0. The standard InChI is InChI=1S/C13H21NOS/c1-2-10-3-5-11(6-4-10)12(15)9-13-14-7-8-16-13/h7-8,10-12,15H,2-6,9H2,1H3. The highest BCUT2D eigenvalue weighted by Gasteiger charge is 2.26. The molecule has 1 aliphatic carbocycles. The van der Waals surface area contributed by atoms with Crippen molar-refractivity contribution >= 4 is 11.3 Å². The minimum atomic E-state index is -0.177. The van der Waals surface area contributed by atoms with Gasteiger partial charge in [-0.2, -0.15) is 0 Å². The summed E-state index contributed by atoms with van der Waals surface area (Å²) >= 11 is 1.65. The quantitative estimate of drug-likeness (QED) is 0.875. The van der Waals surface area contributed by atoms with Gasteiger partial charge in [-0.25, -0.2) is 4.98 Å². The summed E-state index contributed by atoms with van der Waals surface area (Å²) in [5.41, 5.74) is 0. The van der Waals surface area contributed by atoms with Gasteiger partial charge in [0.2, 0.25) is 0 Å². The maximum atomic E-state index is 10.2. The molecule has 0 saturated heterocycles. The molecule has 1 aromatic rings. The number of hydrogen-bond donors (Lipinski definition) is 1. The van der Waals surface area contributed by atoms with Crippen molar-refractivity contribution in [2.75, 3.05) is 0 Å². The molecule has 1 fully saturated rings. The molecular weight excluding hydrogens is 218 g/mol. The molecule has 0 bridgehead atoms. The molecule has 0 amide bonds. The molecule has 16 heavy (non-hydrogen) atoms. The van der Waals surface area contributed by atoms with E-state index >= 15 is 0 Å². The van der Waals surface area contributed by atoms with Crippen molar-refractivity contribution in [3.63, 3.8) is 0 Å². The third kappa shape index (κ3) is 3.05. The second-order valence-electron chi connectivity index (χ2n) is 4.89. The largest absolute Gasteiger partial charge is 0.392 e. The maximum Gasteiger partial charge on any atom is 0.0950 e. The topological polar surface area (TPSA) is 33.1 Å². The van der Waals surface area contributed by atoms with Crippen LogP contribution in [0.3, 0.4) is 0 Å². The molecule has 0 aromatic carbocycles. The Morgan fingerprint density at radius 2 is 2.19 bits per heavy atom. The number of thiazole rings is 1. The van der Waals surface area contributed by atoms with E-state index in [1.807, 2.05) is 11.6 Å². The Hall–Kier alpha value is -0.410. The molecule has 1 heterocycles. The van der Waals surface area contributed by atoms with Crippen molar-refractivity contribution in [2.45, 2.75) is 51.6 Å². The zero-order valence-electron chi connectivity index (χ0n) is 9.93. The second-order valence-corrected chi connectivity index (χ2v) is 5.87. The highest BCUT2D eigenvalue weighted by Crippen LogP contribution is 2.33. The van der Waals surface area contributed by atoms with Gasteiger partial charge in [-0.05, 0) is 24.7 Å². The van der Waals surface area contributed by atoms with Gasteiger partial charge in [0.25, 0.3) is 0 Å². The van der Waals surface area contributed by atoms with Crippen LogP contribution in [0.2, 0.25) is 0 Å². The van der Waals surface area contributed by atoms with Crippen LogP contribution in [0.25, 0.3) is 0 Å². The number of aromatic nitrogens is 1. The molecule has 1 unspecified atom stereocenters. The SMILES string of the molecule is CCC1CCC(C(O)Cc2nccs2)CC1. The first-order valence-corrected chi connectivity index (χ1v) is 7.24. The second kappa shape index (κ2) is 5.78. The van der Waals surface area contributed by atoms with Gasteiger partial charge < -0.3 is 5.11 Å². The van der Waals surface area contributed by atoms with Crippen LogP contribution < -0.4 is 0 Å². The zero-order valence-corrected chi connectivity index (χ0v) is 10.7. The van der Waals surface area contributed by atoms with E-state index in [1.165, 1.54) is 32.1 Å². The normalized spacial score (nSPS) is 27.9. The number of aliphatic hydroxyl groups is 1. The first kappa shape index (κ1) is 12.1. The lowest BCUT2D eigenvalue weighted by Crippen LogP contribution is -2.27. The molecule has 0 aliphatic heterocycles. The monoisotopic (exact) mass is 239 g/mol. The van der Waals surface area contributed by atoms with Crippen molar-refractivity contribution in [3.8, 4) is 0 Å². The van der Waals surface area contributed by atoms with E-state index in [4.69, 9.17) is 0 Å². The van der Waals surface area contributed by atoms with Crippen LogP contribution in [-0.4, -0.2) is 16.2 Å². The maximum absolute atomic E-state index is 10.2. The number of rotatable bonds is 4. The Kier molecular flexibility index (Phi) is 4.36. The lowest BCUT2D eigenvalue weighted by Gasteiger charge is -2.30. The van der Waals surface area contributed by atoms with Crippen molar-refractivity contribution in [3.05, 3.63) is 16.6 Å². The molecule has 90 valence electrons. The summed E-state index contributed by atoms with van der Waals surface area (Å²) in [5, 5.41) is 13.2. The van der Waals surface area contributed by atoms with Crippen LogP contribution in [-0.2, 0) is 6.42 Å². The van der Waals surface area contributed by atoms with Crippen LogP contribution in [0.15, 0.2) is 11.6 Å². The molecule has 0 radical (unpaired) electrons. The molecule has 1 saturated carbocycles. The smallest absolute Gasteiger partial charge is 0.0950 e. The summed E-state index contributed by atoms with van der Waals surface area (Å²) in [7, 11) is 0. The van der Waals surface area contributed by atoms with Crippen LogP contribution in [0.4, 0.5) is 0 Å². The fourth-order valence-corrected chi connectivity index (χ4v) is 3.35. The van der Waals surface area contributed by atoms with E-state index in [1.54, 1.807) is 11.3 Å². The van der Waals surface area contributed by atoms with Gasteiger partial charge in [-0.3, -0.25) is 0 Å². The fraction of sp³-hybridized carbons (Fsp3) is 0.769. The average molecular weight is 239 g/mol. The van der Waals surface area contributed by atoms with Crippen molar-refractivity contribution in [1.82, 2.24) is 4.98 Å². The minimum absolute atomic E-state index is 0.177. The molecule has 0 spiro atoms. The van der Waals surface area contributed by atoms with Crippen LogP contribution in [0.5, 0.6) is 0 Å². The predicted octanol–water partition coefficient (Wildman–Crippen LogP) is 3.26. The molecular formula is C13H21NOS. The van der Waals surface area contributed by atoms with Crippen LogP contribution in [0.1, 0.15) is 44.0 Å². The predicted molar refractivity (Wildman–Crippen MR) is 67.6 cm³/mol. The molecule has 1 N–H and O–H groups in total. The van der Waals surface area contributed by atoms with E-state index in [9.17, 15) is 5.11 Å². The summed E-state index contributed by atoms with van der Waals surface area (Å²) in [6.45, 7) is 2.27. The average Bonchev–Trinajstić information content (AvgIpc) is 2.82. The van der Waals surface area contributed by atoms with Crippen LogP contribution in [0, 0.1) is 11.8 Å². The van der Waals surface area contributed by atoms with E-state index < -0.39 is 0 Å². The van der Waals surface area contributed by atoms with Gasteiger partial charge in [0.05, 0.1) is 11.1 Å². The van der Waals surface area contributed by atoms with E-state index in [0.717, 1.165) is 17.3 Å². The number of nitrogens with zero attached hydrogens (tertiary/aromatic N) is 1. The summed E-state index contributed by atoms with van der Waals surface area (Å²) in [6.07, 6.45) is 8.70. The molecule has 2 nitrogen and oxygen atoms in total.